The molecule has 1 aliphatic heterocycles. The van der Waals surface area contributed by atoms with Gasteiger partial charge in [0, 0.05) is 52.1 Å². The van der Waals surface area contributed by atoms with Crippen LogP contribution in [0.15, 0.2) is 47.4 Å². The molecule has 0 spiro atoms. The quantitative estimate of drug-likeness (QED) is 0.245. The summed E-state index contributed by atoms with van der Waals surface area (Å²) in [5.41, 5.74) is 2.60. The van der Waals surface area contributed by atoms with E-state index in [2.05, 4.69) is 25.1 Å². The fourth-order valence-corrected chi connectivity index (χ4v) is 7.74. The average molecular weight is 519 g/mol. The lowest BCUT2D eigenvalue weighted by atomic mass is 9.68. The van der Waals surface area contributed by atoms with E-state index < -0.39 is 10.8 Å². The Labute approximate surface area is 218 Å². The number of hydrogen-bond donors (Lipinski definition) is 2. The Kier molecular flexibility index (Phi) is 11.5. The summed E-state index contributed by atoms with van der Waals surface area (Å²) < 4.78 is 17.0. The van der Waals surface area contributed by atoms with Gasteiger partial charge in [0.15, 0.2) is 0 Å². The number of unbranched alkanes of at least 4 members (excludes halogenated alkanes) is 6. The van der Waals surface area contributed by atoms with Crippen molar-refractivity contribution in [3.63, 3.8) is 0 Å². The van der Waals surface area contributed by atoms with Crippen molar-refractivity contribution in [2.45, 2.75) is 80.9 Å². The molecule has 0 fully saturated rings. The van der Waals surface area contributed by atoms with Crippen molar-refractivity contribution >= 4 is 22.6 Å². The summed E-state index contributed by atoms with van der Waals surface area (Å²) in [6.45, 7) is 3.06. The smallest absolute Gasteiger partial charge is 0.116 e. The zero-order chi connectivity index (χ0) is 25.1. The Morgan fingerprint density at radius 1 is 0.914 bits per heavy atom. The zero-order valence-corrected chi connectivity index (χ0v) is 23.0. The molecule has 1 heterocycles. The summed E-state index contributed by atoms with van der Waals surface area (Å²) >= 11 is 1.82. The molecule has 0 bridgehead atoms. The molecule has 194 valence electrons. The fourth-order valence-electron chi connectivity index (χ4n) is 5.17. The molecule has 0 saturated carbocycles. The second-order valence-electron chi connectivity index (χ2n) is 9.99. The molecule has 2 aromatic carbocycles. The third-order valence-corrected chi connectivity index (χ3v) is 10.2. The van der Waals surface area contributed by atoms with Crippen LogP contribution in [0.2, 0.25) is 0 Å². The third-order valence-electron chi connectivity index (χ3n) is 7.28. The molecule has 0 amide bonds. The van der Waals surface area contributed by atoms with Crippen LogP contribution in [0.3, 0.4) is 0 Å². The van der Waals surface area contributed by atoms with Gasteiger partial charge in [0.25, 0.3) is 0 Å². The standard InChI is InChI=1S/C29H42O4S2/c1-29(23-12-14-24(30)15-13-23)22-34-28-21-25(31)16-17-26(28)27(29)11-8-6-4-3-5-7-9-19-35(32)20-10-18-33-2/h12-17,21,27,30-31H,3-11,18-20,22H2,1-2H3/t27-,29-,35?/m1/s1. The first-order chi connectivity index (χ1) is 16.9. The number of methoxy groups -OCH3 is 1. The maximum absolute atomic E-state index is 11.9. The van der Waals surface area contributed by atoms with Gasteiger partial charge < -0.3 is 14.9 Å². The minimum Gasteiger partial charge on any atom is -0.508 e. The topological polar surface area (TPSA) is 66.8 Å². The maximum atomic E-state index is 11.9. The number of ether oxygens (including phenoxy) is 1. The van der Waals surface area contributed by atoms with Gasteiger partial charge in [0.05, 0.1) is 0 Å². The number of benzene rings is 2. The Hall–Kier alpha value is -1.50. The Balaban J connectivity index is 1.46. The molecule has 6 heteroatoms. The van der Waals surface area contributed by atoms with Crippen molar-refractivity contribution in [3.8, 4) is 11.5 Å². The minimum atomic E-state index is -0.690. The third kappa shape index (κ3) is 8.26. The molecule has 0 radical (unpaired) electrons. The zero-order valence-electron chi connectivity index (χ0n) is 21.3. The van der Waals surface area contributed by atoms with Crippen LogP contribution in [0.1, 0.15) is 81.8 Å². The molecule has 4 nitrogen and oxygen atoms in total. The van der Waals surface area contributed by atoms with E-state index in [0.717, 1.165) is 36.5 Å². The lowest BCUT2D eigenvalue weighted by Crippen LogP contribution is -2.36. The molecule has 1 unspecified atom stereocenters. The van der Waals surface area contributed by atoms with Crippen molar-refractivity contribution in [2.75, 3.05) is 31.0 Å². The van der Waals surface area contributed by atoms with Gasteiger partial charge >= 0.3 is 0 Å². The van der Waals surface area contributed by atoms with E-state index in [4.69, 9.17) is 4.74 Å². The van der Waals surface area contributed by atoms with Gasteiger partial charge in [-0.15, -0.1) is 11.8 Å². The van der Waals surface area contributed by atoms with E-state index in [1.165, 1.54) is 54.5 Å². The number of phenols is 2. The number of fused-ring (bicyclic) bond motifs is 1. The van der Waals surface area contributed by atoms with Crippen LogP contribution >= 0.6 is 11.8 Å². The van der Waals surface area contributed by atoms with Gasteiger partial charge in [0.1, 0.15) is 11.5 Å². The van der Waals surface area contributed by atoms with Gasteiger partial charge in [-0.3, -0.25) is 4.21 Å². The average Bonchev–Trinajstić information content (AvgIpc) is 2.84. The Morgan fingerprint density at radius 3 is 2.26 bits per heavy atom. The maximum Gasteiger partial charge on any atom is 0.116 e. The van der Waals surface area contributed by atoms with Crippen molar-refractivity contribution in [1.82, 2.24) is 0 Å². The predicted octanol–water partition coefficient (Wildman–Crippen LogP) is 7.15. The van der Waals surface area contributed by atoms with E-state index in [1.807, 2.05) is 23.9 Å². The number of aromatic hydroxyl groups is 2. The highest BCUT2D eigenvalue weighted by molar-refractivity contribution is 7.99. The van der Waals surface area contributed by atoms with Crippen LogP contribution < -0.4 is 0 Å². The van der Waals surface area contributed by atoms with Gasteiger partial charge in [-0.1, -0.05) is 63.6 Å². The summed E-state index contributed by atoms with van der Waals surface area (Å²) in [4.78, 5) is 1.20. The molecule has 0 aromatic heterocycles. The van der Waals surface area contributed by atoms with Gasteiger partial charge in [0.2, 0.25) is 0 Å². The lowest BCUT2D eigenvalue weighted by Gasteiger charge is -2.43. The predicted molar refractivity (Wildman–Crippen MR) is 148 cm³/mol. The molecular weight excluding hydrogens is 476 g/mol. The number of thioether (sulfide) groups is 1. The number of hydrogen-bond acceptors (Lipinski definition) is 5. The summed E-state index contributed by atoms with van der Waals surface area (Å²) in [6.07, 6.45) is 10.4. The normalized spacial score (nSPS) is 20.5. The van der Waals surface area contributed by atoms with Crippen LogP contribution in [0.25, 0.3) is 0 Å². The first-order valence-corrected chi connectivity index (χ1v) is 15.5. The molecule has 2 N–H and O–H groups in total. The number of phenolic OH excluding ortho intramolecular Hbond substituents is 2. The lowest BCUT2D eigenvalue weighted by molar-refractivity contribution is 0.200. The monoisotopic (exact) mass is 518 g/mol. The summed E-state index contributed by atoms with van der Waals surface area (Å²) in [6, 6.07) is 13.6. The molecule has 0 saturated heterocycles. The SMILES string of the molecule is COCCCS(=O)CCCCCCCCC[C@@H]1c2ccc(O)cc2SC[C@]1(C)c1ccc(O)cc1. The number of rotatable bonds is 15. The van der Waals surface area contributed by atoms with Crippen LogP contribution in [-0.4, -0.2) is 45.4 Å². The Bertz CT molecular complexity index is 931. The van der Waals surface area contributed by atoms with Crippen LogP contribution in [-0.2, 0) is 21.0 Å². The largest absolute Gasteiger partial charge is 0.508 e. The molecule has 0 aliphatic carbocycles. The van der Waals surface area contributed by atoms with Crippen molar-refractivity contribution in [2.24, 2.45) is 0 Å². The Morgan fingerprint density at radius 2 is 1.54 bits per heavy atom. The van der Waals surface area contributed by atoms with Crippen LogP contribution in [0, 0.1) is 0 Å². The van der Waals surface area contributed by atoms with E-state index in [0.29, 0.717) is 24.0 Å². The van der Waals surface area contributed by atoms with E-state index >= 15 is 0 Å². The molecule has 35 heavy (non-hydrogen) atoms. The van der Waals surface area contributed by atoms with E-state index in [1.54, 1.807) is 19.2 Å². The second-order valence-corrected chi connectivity index (χ2v) is 12.7. The first-order valence-electron chi connectivity index (χ1n) is 13.0. The molecular formula is C29H42O4S2. The van der Waals surface area contributed by atoms with Crippen LogP contribution in [0.5, 0.6) is 11.5 Å². The van der Waals surface area contributed by atoms with Crippen LogP contribution in [0.4, 0.5) is 0 Å². The molecule has 1 aliphatic rings. The van der Waals surface area contributed by atoms with Gasteiger partial charge in [-0.25, -0.2) is 0 Å². The molecule has 2 aromatic rings. The molecule has 3 rings (SSSR count). The summed E-state index contributed by atoms with van der Waals surface area (Å²) in [5, 5.41) is 19.8. The second kappa shape index (κ2) is 14.3. The summed E-state index contributed by atoms with van der Waals surface area (Å²) in [7, 11) is 1.00. The fraction of sp³-hybridized carbons (Fsp3) is 0.586. The van der Waals surface area contributed by atoms with E-state index in [9.17, 15) is 14.4 Å². The highest BCUT2D eigenvalue weighted by atomic mass is 32.2. The highest BCUT2D eigenvalue weighted by Crippen LogP contribution is 2.52. The van der Waals surface area contributed by atoms with Crippen molar-refractivity contribution in [3.05, 3.63) is 53.6 Å². The first kappa shape index (κ1) is 28.1. The minimum absolute atomic E-state index is 0.0127. The van der Waals surface area contributed by atoms with E-state index in [-0.39, 0.29) is 5.41 Å². The van der Waals surface area contributed by atoms with Crippen molar-refractivity contribution in [1.29, 1.82) is 0 Å². The highest BCUT2D eigenvalue weighted by Gasteiger charge is 2.41. The van der Waals surface area contributed by atoms with Gasteiger partial charge in [-0.2, -0.15) is 0 Å². The van der Waals surface area contributed by atoms with Gasteiger partial charge in [-0.05, 0) is 60.6 Å². The molecule has 3 atom stereocenters. The van der Waals surface area contributed by atoms with Crippen molar-refractivity contribution < 1.29 is 19.2 Å². The summed E-state index contributed by atoms with van der Waals surface area (Å²) in [5.74, 6) is 3.58.